The predicted octanol–water partition coefficient (Wildman–Crippen LogP) is 0.181. The second kappa shape index (κ2) is 6.59. The molecule has 2 heterocycles. The number of carbonyl (C=O) groups is 1. The van der Waals surface area contributed by atoms with Gasteiger partial charge in [-0.2, -0.15) is 0 Å². The van der Waals surface area contributed by atoms with Gasteiger partial charge in [0.05, 0.1) is 19.9 Å². The molecule has 0 aliphatic carbocycles. The topological polar surface area (TPSA) is 113 Å². The van der Waals surface area contributed by atoms with Gasteiger partial charge >= 0.3 is 0 Å². The van der Waals surface area contributed by atoms with Crippen LogP contribution in [-0.4, -0.2) is 44.7 Å². The molecule has 10 nitrogen and oxygen atoms in total. The van der Waals surface area contributed by atoms with Crippen LogP contribution in [0.4, 0.5) is 5.69 Å². The van der Waals surface area contributed by atoms with Crippen molar-refractivity contribution in [2.75, 3.05) is 19.5 Å². The number of carbonyl (C=O) groups excluding carboxylic acids is 1. The predicted molar refractivity (Wildman–Crippen MR) is 88.7 cm³/mol. The summed E-state index contributed by atoms with van der Waals surface area (Å²) in [5, 5.41) is 10.2. The van der Waals surface area contributed by atoms with E-state index in [-0.39, 0.29) is 12.1 Å². The summed E-state index contributed by atoms with van der Waals surface area (Å²) in [6.45, 7) is -0.215. The first-order chi connectivity index (χ1) is 12.0. The van der Waals surface area contributed by atoms with Crippen molar-refractivity contribution in [1.29, 1.82) is 0 Å². The third-order valence-electron chi connectivity index (χ3n) is 3.58. The molecule has 0 atom stereocenters. The summed E-state index contributed by atoms with van der Waals surface area (Å²) in [5.74, 6) is 0.640. The van der Waals surface area contributed by atoms with Crippen LogP contribution in [0.3, 0.4) is 0 Å². The Morgan fingerprint density at radius 1 is 1.28 bits per heavy atom. The van der Waals surface area contributed by atoms with E-state index in [4.69, 9.17) is 9.47 Å². The Hall–Kier alpha value is -3.43. The number of ether oxygens (including phenoxy) is 2. The van der Waals surface area contributed by atoms with E-state index in [9.17, 15) is 9.59 Å². The highest BCUT2D eigenvalue weighted by Gasteiger charge is 2.14. The second-order valence-corrected chi connectivity index (χ2v) is 5.18. The largest absolute Gasteiger partial charge is 0.497 e. The van der Waals surface area contributed by atoms with Crippen molar-refractivity contribution in [3.05, 3.63) is 34.9 Å². The monoisotopic (exact) mass is 344 g/mol. The lowest BCUT2D eigenvalue weighted by atomic mass is 10.2. The molecular weight excluding hydrogens is 328 g/mol. The molecule has 3 aromatic rings. The average molecular weight is 344 g/mol. The average Bonchev–Trinajstić information content (AvgIpc) is 2.99. The molecule has 0 bridgehead atoms. The van der Waals surface area contributed by atoms with Crippen LogP contribution in [0.1, 0.15) is 0 Å². The summed E-state index contributed by atoms with van der Waals surface area (Å²) in [7, 11) is 4.66. The Kier molecular flexibility index (Phi) is 4.33. The molecule has 130 valence electrons. The van der Waals surface area contributed by atoms with E-state index in [2.05, 4.69) is 20.6 Å². The molecule has 25 heavy (non-hydrogen) atoms. The molecule has 0 unspecified atom stereocenters. The van der Waals surface area contributed by atoms with E-state index >= 15 is 0 Å². The minimum absolute atomic E-state index is 0.111. The number of nitrogens with one attached hydrogen (secondary N) is 1. The fourth-order valence-electron chi connectivity index (χ4n) is 2.31. The Morgan fingerprint density at radius 3 is 2.80 bits per heavy atom. The zero-order valence-corrected chi connectivity index (χ0v) is 13.9. The number of methoxy groups -OCH3 is 2. The van der Waals surface area contributed by atoms with Crippen LogP contribution in [0.2, 0.25) is 0 Å². The zero-order chi connectivity index (χ0) is 18.0. The summed E-state index contributed by atoms with van der Waals surface area (Å²) < 4.78 is 12.9. The maximum absolute atomic E-state index is 12.3. The quantitative estimate of drug-likeness (QED) is 0.702. The summed E-state index contributed by atoms with van der Waals surface area (Å²) in [6.07, 6.45) is 1.29. The minimum atomic E-state index is -0.435. The highest BCUT2D eigenvalue weighted by molar-refractivity contribution is 5.92. The van der Waals surface area contributed by atoms with Crippen molar-refractivity contribution in [1.82, 2.24) is 24.5 Å². The number of rotatable bonds is 5. The molecule has 1 amide bonds. The number of anilines is 1. The first-order valence-electron chi connectivity index (χ1n) is 7.30. The van der Waals surface area contributed by atoms with Gasteiger partial charge < -0.3 is 14.8 Å². The molecule has 0 saturated carbocycles. The van der Waals surface area contributed by atoms with E-state index in [1.54, 1.807) is 25.2 Å². The second-order valence-electron chi connectivity index (χ2n) is 5.18. The van der Waals surface area contributed by atoms with E-state index < -0.39 is 11.5 Å². The fraction of sp³-hybridized carbons (Fsp3) is 0.267. The highest BCUT2D eigenvalue weighted by Crippen LogP contribution is 2.28. The maximum atomic E-state index is 12.3. The fourth-order valence-corrected chi connectivity index (χ4v) is 2.31. The third kappa shape index (κ3) is 3.13. The van der Waals surface area contributed by atoms with Gasteiger partial charge in [-0.1, -0.05) is 5.21 Å². The van der Waals surface area contributed by atoms with Crippen LogP contribution in [0, 0.1) is 0 Å². The maximum Gasteiger partial charge on any atom is 0.283 e. The highest BCUT2D eigenvalue weighted by atomic mass is 16.5. The van der Waals surface area contributed by atoms with Crippen molar-refractivity contribution in [3.63, 3.8) is 0 Å². The Morgan fingerprint density at radius 2 is 2.08 bits per heavy atom. The number of amides is 1. The molecule has 0 saturated heterocycles. The molecule has 0 aliphatic heterocycles. The molecule has 0 aliphatic rings. The van der Waals surface area contributed by atoms with Crippen LogP contribution in [-0.2, 0) is 18.4 Å². The molecule has 1 aromatic carbocycles. The number of aromatic nitrogens is 5. The van der Waals surface area contributed by atoms with Crippen molar-refractivity contribution < 1.29 is 14.3 Å². The SMILES string of the molecule is COc1ccc(NC(=O)Cn2cnc3c(nnn3C)c2=O)c(OC)c1. The van der Waals surface area contributed by atoms with E-state index in [1.807, 2.05) is 0 Å². The molecule has 2 aromatic heterocycles. The smallest absolute Gasteiger partial charge is 0.283 e. The van der Waals surface area contributed by atoms with E-state index in [0.717, 1.165) is 0 Å². The normalized spacial score (nSPS) is 10.7. The van der Waals surface area contributed by atoms with Gasteiger partial charge in [0, 0.05) is 13.1 Å². The van der Waals surface area contributed by atoms with Crippen LogP contribution in [0.5, 0.6) is 11.5 Å². The Labute approximate surface area is 142 Å². The molecule has 0 radical (unpaired) electrons. The van der Waals surface area contributed by atoms with Crippen LogP contribution >= 0.6 is 0 Å². The number of nitrogens with zero attached hydrogens (tertiary/aromatic N) is 5. The molecule has 10 heteroatoms. The van der Waals surface area contributed by atoms with Gasteiger partial charge in [-0.15, -0.1) is 5.10 Å². The molecule has 1 N–H and O–H groups in total. The lowest BCUT2D eigenvalue weighted by Gasteiger charge is -2.12. The summed E-state index contributed by atoms with van der Waals surface area (Å²) >= 11 is 0. The number of benzene rings is 1. The molecule has 0 fully saturated rings. The van der Waals surface area contributed by atoms with Crippen molar-refractivity contribution in [2.24, 2.45) is 7.05 Å². The van der Waals surface area contributed by atoms with Gasteiger partial charge in [0.15, 0.2) is 11.2 Å². The van der Waals surface area contributed by atoms with Crippen LogP contribution in [0.25, 0.3) is 11.2 Å². The summed E-state index contributed by atoms with van der Waals surface area (Å²) in [4.78, 5) is 28.7. The summed E-state index contributed by atoms with van der Waals surface area (Å²) in [5.41, 5.74) is 0.503. The number of fused-ring (bicyclic) bond motifs is 1. The third-order valence-corrected chi connectivity index (χ3v) is 3.58. The van der Waals surface area contributed by atoms with Crippen molar-refractivity contribution >= 4 is 22.8 Å². The zero-order valence-electron chi connectivity index (χ0n) is 13.9. The van der Waals surface area contributed by atoms with E-state index in [1.165, 1.54) is 29.8 Å². The van der Waals surface area contributed by atoms with Crippen molar-refractivity contribution in [2.45, 2.75) is 6.54 Å². The number of aryl methyl sites for hydroxylation is 1. The van der Waals surface area contributed by atoms with Gasteiger partial charge in [-0.05, 0) is 12.1 Å². The van der Waals surface area contributed by atoms with Crippen LogP contribution in [0.15, 0.2) is 29.3 Å². The Balaban J connectivity index is 1.81. The van der Waals surface area contributed by atoms with Gasteiger partial charge in [0.1, 0.15) is 24.4 Å². The Bertz CT molecular complexity index is 993. The lowest BCUT2D eigenvalue weighted by molar-refractivity contribution is -0.116. The lowest BCUT2D eigenvalue weighted by Crippen LogP contribution is -2.28. The van der Waals surface area contributed by atoms with Gasteiger partial charge in [-0.3, -0.25) is 14.2 Å². The molecular formula is C15H16N6O4. The van der Waals surface area contributed by atoms with E-state index in [0.29, 0.717) is 22.8 Å². The van der Waals surface area contributed by atoms with Crippen molar-refractivity contribution in [3.8, 4) is 11.5 Å². The van der Waals surface area contributed by atoms with Gasteiger partial charge in [-0.25, -0.2) is 9.67 Å². The first-order valence-corrected chi connectivity index (χ1v) is 7.30. The minimum Gasteiger partial charge on any atom is -0.497 e. The number of hydrogen-bond acceptors (Lipinski definition) is 7. The first kappa shape index (κ1) is 16.4. The van der Waals surface area contributed by atoms with Crippen LogP contribution < -0.4 is 20.3 Å². The standard InChI is InChI=1S/C15H16N6O4/c1-20-14-13(18-19-20)15(23)21(8-16-14)7-12(22)17-10-5-4-9(24-2)6-11(10)25-3/h4-6,8H,7H2,1-3H3,(H,17,22). The molecule has 3 rings (SSSR count). The molecule has 0 spiro atoms. The van der Waals surface area contributed by atoms with Gasteiger partial charge in [0.25, 0.3) is 5.56 Å². The summed E-state index contributed by atoms with van der Waals surface area (Å²) in [6, 6.07) is 4.99. The van der Waals surface area contributed by atoms with Gasteiger partial charge in [0.2, 0.25) is 5.91 Å². The number of hydrogen-bond donors (Lipinski definition) is 1.